The molecule has 0 aliphatic rings. The minimum absolute atomic E-state index is 0. The zero-order valence-electron chi connectivity index (χ0n) is 16.7. The van der Waals surface area contributed by atoms with Crippen LogP contribution in [0, 0.1) is 5.92 Å². The Morgan fingerprint density at radius 3 is 1.90 bits per heavy atom. The van der Waals surface area contributed by atoms with E-state index in [2.05, 4.69) is 5.32 Å². The summed E-state index contributed by atoms with van der Waals surface area (Å²) in [4.78, 5) is 34.8. The Balaban J connectivity index is 0.00000450. The molecule has 2 aromatic carbocycles. The summed E-state index contributed by atoms with van der Waals surface area (Å²) in [6.07, 6.45) is 0.00867. The number of aliphatic carboxylic acids is 1. The molecule has 0 fully saturated rings. The van der Waals surface area contributed by atoms with E-state index in [9.17, 15) is 24.2 Å². The summed E-state index contributed by atoms with van der Waals surface area (Å²) < 4.78 is 12.5. The van der Waals surface area contributed by atoms with Crippen molar-refractivity contribution in [3.05, 3.63) is 71.8 Å². The zero-order valence-corrected chi connectivity index (χ0v) is 19.3. The lowest BCUT2D eigenvalue weighted by molar-refractivity contribution is -0.142. The summed E-state index contributed by atoms with van der Waals surface area (Å²) in [5.74, 6) is -3.60. The maximum Gasteiger partial charge on any atom is 0.326 e. The Kier molecular flexibility index (Phi) is 10.4. The maximum atomic E-state index is 12.9. The van der Waals surface area contributed by atoms with Crippen LogP contribution in [0.4, 0.5) is 0 Å². The van der Waals surface area contributed by atoms with E-state index >= 15 is 0 Å². The zero-order chi connectivity index (χ0) is 21.4. The van der Waals surface area contributed by atoms with Crippen molar-refractivity contribution in [2.24, 2.45) is 11.7 Å². The topological polar surface area (TPSA) is 130 Å². The Morgan fingerprint density at radius 1 is 1.00 bits per heavy atom. The number of hydrogen-bond acceptors (Lipinski definition) is 4. The van der Waals surface area contributed by atoms with Crippen LogP contribution in [0.3, 0.4) is 0 Å². The number of halogens is 1. The maximum absolute atomic E-state index is 12.9. The average molecular weight is 499 g/mol. The average Bonchev–Trinajstić information content (AvgIpc) is 2.68. The smallest absolute Gasteiger partial charge is 0.326 e. The second kappa shape index (κ2) is 12.0. The standard InChI is InChI=1S/C21H27N2O5P.BrH/c1-15(22)29(27,28)14-18(12-16-8-4-2-5-9-16)20(24)23-19(21(25)26)13-17-10-6-3-7-11-17;/h2-11,15,18-19H,12-14,22H2,1H3,(H,23,24)(H,25,26)(H,27,28);1H. The predicted octanol–water partition coefficient (Wildman–Crippen LogP) is 2.81. The third-order valence-electron chi connectivity index (χ3n) is 4.71. The lowest BCUT2D eigenvalue weighted by Crippen LogP contribution is -2.46. The van der Waals surface area contributed by atoms with Crippen molar-refractivity contribution in [3.8, 4) is 0 Å². The molecule has 4 unspecified atom stereocenters. The number of carboxylic acids is 1. The van der Waals surface area contributed by atoms with E-state index in [-0.39, 0.29) is 36.0 Å². The van der Waals surface area contributed by atoms with Gasteiger partial charge in [-0.3, -0.25) is 9.36 Å². The van der Waals surface area contributed by atoms with Gasteiger partial charge in [-0.05, 0) is 24.5 Å². The third-order valence-corrected chi connectivity index (χ3v) is 6.95. The first-order valence-electron chi connectivity index (χ1n) is 9.37. The van der Waals surface area contributed by atoms with Crippen molar-refractivity contribution in [3.63, 3.8) is 0 Å². The predicted molar refractivity (Wildman–Crippen MR) is 122 cm³/mol. The highest BCUT2D eigenvalue weighted by atomic mass is 79.9. The lowest BCUT2D eigenvalue weighted by atomic mass is 9.99. The van der Waals surface area contributed by atoms with Gasteiger partial charge in [0, 0.05) is 12.6 Å². The van der Waals surface area contributed by atoms with Gasteiger partial charge < -0.3 is 21.1 Å². The molecule has 0 radical (unpaired) electrons. The van der Waals surface area contributed by atoms with Crippen molar-refractivity contribution in [2.45, 2.75) is 31.6 Å². The molecule has 2 aromatic rings. The molecule has 1 amide bonds. The quantitative estimate of drug-likeness (QED) is 0.372. The molecule has 4 atom stereocenters. The number of carboxylic acid groups (broad SMARTS) is 1. The van der Waals surface area contributed by atoms with Crippen molar-refractivity contribution < 1.29 is 24.2 Å². The Labute approximate surface area is 186 Å². The van der Waals surface area contributed by atoms with Crippen molar-refractivity contribution >= 4 is 36.2 Å². The molecule has 2 rings (SSSR count). The first-order valence-corrected chi connectivity index (χ1v) is 11.3. The number of rotatable bonds is 10. The number of carbonyl (C=O) groups excluding carboxylic acids is 1. The molecule has 0 aliphatic carbocycles. The number of benzene rings is 2. The lowest BCUT2D eigenvalue weighted by Gasteiger charge is -2.24. The second-order valence-corrected chi connectivity index (χ2v) is 9.85. The molecule has 0 heterocycles. The van der Waals surface area contributed by atoms with E-state index in [1.807, 2.05) is 36.4 Å². The van der Waals surface area contributed by atoms with E-state index in [4.69, 9.17) is 5.73 Å². The van der Waals surface area contributed by atoms with E-state index in [0.717, 1.165) is 11.1 Å². The van der Waals surface area contributed by atoms with Gasteiger partial charge in [-0.15, -0.1) is 17.0 Å². The molecule has 0 spiro atoms. The van der Waals surface area contributed by atoms with E-state index in [1.165, 1.54) is 6.92 Å². The van der Waals surface area contributed by atoms with Crippen molar-refractivity contribution in [2.75, 3.05) is 6.16 Å². The van der Waals surface area contributed by atoms with Crippen LogP contribution in [-0.4, -0.2) is 39.9 Å². The minimum atomic E-state index is -3.78. The van der Waals surface area contributed by atoms with Crippen molar-refractivity contribution in [1.82, 2.24) is 5.32 Å². The van der Waals surface area contributed by atoms with Gasteiger partial charge in [0.05, 0.1) is 11.7 Å². The molecule has 0 bridgehead atoms. The summed E-state index contributed by atoms with van der Waals surface area (Å²) in [5, 5.41) is 12.1. The fourth-order valence-electron chi connectivity index (χ4n) is 2.96. The highest BCUT2D eigenvalue weighted by molar-refractivity contribution is 8.93. The largest absolute Gasteiger partial charge is 0.480 e. The molecule has 0 saturated heterocycles. The molecule has 0 aromatic heterocycles. The van der Waals surface area contributed by atoms with E-state index < -0.39 is 37.0 Å². The molecule has 9 heteroatoms. The van der Waals surface area contributed by atoms with Gasteiger partial charge in [-0.1, -0.05) is 60.7 Å². The van der Waals surface area contributed by atoms with Gasteiger partial charge in [-0.25, -0.2) is 4.79 Å². The highest BCUT2D eigenvalue weighted by Crippen LogP contribution is 2.45. The van der Waals surface area contributed by atoms with Crippen LogP contribution in [0.15, 0.2) is 60.7 Å². The number of carbonyl (C=O) groups is 2. The molecular formula is C21H28BrN2O5P. The number of nitrogens with one attached hydrogen (secondary N) is 1. The first kappa shape index (κ1) is 26.0. The van der Waals surface area contributed by atoms with Crippen LogP contribution in [0.25, 0.3) is 0 Å². The normalized spacial score (nSPS) is 15.7. The Morgan fingerprint density at radius 2 is 1.47 bits per heavy atom. The molecule has 0 saturated carbocycles. The Hall–Kier alpha value is -1.99. The first-order chi connectivity index (χ1) is 13.7. The fourth-order valence-corrected chi connectivity index (χ4v) is 4.22. The van der Waals surface area contributed by atoms with Crippen LogP contribution in [0.2, 0.25) is 0 Å². The van der Waals surface area contributed by atoms with E-state index in [1.54, 1.807) is 24.3 Å². The van der Waals surface area contributed by atoms with Gasteiger partial charge in [0.25, 0.3) is 0 Å². The minimum Gasteiger partial charge on any atom is -0.480 e. The highest BCUT2D eigenvalue weighted by Gasteiger charge is 2.33. The number of amides is 1. The molecule has 30 heavy (non-hydrogen) atoms. The monoisotopic (exact) mass is 498 g/mol. The second-order valence-electron chi connectivity index (χ2n) is 7.15. The third kappa shape index (κ3) is 8.03. The fraction of sp³-hybridized carbons (Fsp3) is 0.333. The molecule has 0 aliphatic heterocycles. The SMILES string of the molecule is Br.CC(N)P(=O)(O)CC(Cc1ccccc1)C(=O)NC(Cc1ccccc1)C(=O)O. The summed E-state index contributed by atoms with van der Waals surface area (Å²) >= 11 is 0. The molecule has 164 valence electrons. The van der Waals surface area contributed by atoms with Gasteiger partial charge in [0.15, 0.2) is 0 Å². The van der Waals surface area contributed by atoms with Gasteiger partial charge >= 0.3 is 5.97 Å². The van der Waals surface area contributed by atoms with Crippen molar-refractivity contribution in [1.29, 1.82) is 0 Å². The summed E-state index contributed by atoms with van der Waals surface area (Å²) in [5.41, 5.74) is 7.20. The summed E-state index contributed by atoms with van der Waals surface area (Å²) in [6.45, 7) is 1.42. The summed E-state index contributed by atoms with van der Waals surface area (Å²) in [7, 11) is -3.78. The van der Waals surface area contributed by atoms with Gasteiger partial charge in [0.1, 0.15) is 6.04 Å². The van der Waals surface area contributed by atoms with Gasteiger partial charge in [0.2, 0.25) is 13.3 Å². The molecular weight excluding hydrogens is 471 g/mol. The number of nitrogens with two attached hydrogens (primary N) is 1. The van der Waals surface area contributed by atoms with Crippen LogP contribution in [0.5, 0.6) is 0 Å². The summed E-state index contributed by atoms with van der Waals surface area (Å²) in [6, 6.07) is 16.9. The number of hydrogen-bond donors (Lipinski definition) is 4. The van der Waals surface area contributed by atoms with Crippen LogP contribution >= 0.6 is 24.4 Å². The van der Waals surface area contributed by atoms with E-state index in [0.29, 0.717) is 0 Å². The van der Waals surface area contributed by atoms with Crippen LogP contribution in [0.1, 0.15) is 18.1 Å². The van der Waals surface area contributed by atoms with Crippen LogP contribution in [-0.2, 0) is 27.0 Å². The molecule has 7 nitrogen and oxygen atoms in total. The van der Waals surface area contributed by atoms with Crippen LogP contribution < -0.4 is 11.1 Å². The van der Waals surface area contributed by atoms with Gasteiger partial charge in [-0.2, -0.15) is 0 Å². The molecule has 5 N–H and O–H groups in total. The Bertz CT molecular complexity index is 864.